The van der Waals surface area contributed by atoms with Crippen molar-refractivity contribution in [1.29, 1.82) is 0 Å². The van der Waals surface area contributed by atoms with Gasteiger partial charge in [-0.2, -0.15) is 0 Å². The molecule has 0 aromatic heterocycles. The molecule has 1 aliphatic carbocycles. The van der Waals surface area contributed by atoms with Crippen LogP contribution in [0.4, 0.5) is 22.7 Å². The molecule has 3 heteroatoms. The molecule has 146 valence electrons. The van der Waals surface area contributed by atoms with E-state index in [1.165, 1.54) is 0 Å². The van der Waals surface area contributed by atoms with Gasteiger partial charge >= 0.3 is 0 Å². The van der Waals surface area contributed by atoms with E-state index in [1.54, 1.807) is 0 Å². The molecule has 3 nitrogen and oxygen atoms in total. The van der Waals surface area contributed by atoms with Gasteiger partial charge in [-0.15, -0.1) is 0 Å². The highest BCUT2D eigenvalue weighted by molar-refractivity contribution is 5.85. The topological polar surface area (TPSA) is 41.3 Å². The number of nitrogen functional groups attached to an aromatic ring is 1. The van der Waals surface area contributed by atoms with Crippen molar-refractivity contribution in [2.45, 2.75) is 6.92 Å². The molecule has 0 unspecified atom stereocenters. The number of anilines is 4. The fourth-order valence-electron chi connectivity index (χ4n) is 3.24. The summed E-state index contributed by atoms with van der Waals surface area (Å²) < 4.78 is 0. The first kappa shape index (κ1) is 20.0. The van der Waals surface area contributed by atoms with Crippen LogP contribution in [0.15, 0.2) is 121 Å². The van der Waals surface area contributed by atoms with E-state index >= 15 is 0 Å². The minimum atomic E-state index is 0.710. The van der Waals surface area contributed by atoms with Gasteiger partial charge in [-0.05, 0) is 54.5 Å². The molecule has 1 aliphatic rings. The van der Waals surface area contributed by atoms with Crippen LogP contribution in [0.2, 0.25) is 0 Å². The number of hydrogen-bond donors (Lipinski definition) is 2. The average molecular weight is 382 g/mol. The standard InChI is InChI=1S/C26H27N3/c1-4-12-22(19-21-14-7-5-6-13-20(21)2)29(25-17-10-8-15-23(25)27)26-18-11-9-16-24(26)28-3/h4-19,28H,2,27H2,1,3H3/b12-4-,22-19+. The number of nitrogens with one attached hydrogen (secondary N) is 1. The van der Waals surface area contributed by atoms with Gasteiger partial charge in [0.1, 0.15) is 0 Å². The monoisotopic (exact) mass is 381 g/mol. The molecule has 29 heavy (non-hydrogen) atoms. The zero-order chi connectivity index (χ0) is 20.6. The zero-order valence-electron chi connectivity index (χ0n) is 17.0. The summed E-state index contributed by atoms with van der Waals surface area (Å²) in [7, 11) is 1.93. The summed E-state index contributed by atoms with van der Waals surface area (Å²) in [6.45, 7) is 6.22. The lowest BCUT2D eigenvalue weighted by Gasteiger charge is -2.29. The van der Waals surface area contributed by atoms with Gasteiger partial charge in [-0.3, -0.25) is 0 Å². The molecule has 0 saturated carbocycles. The largest absolute Gasteiger partial charge is 0.397 e. The third-order valence-corrected chi connectivity index (χ3v) is 4.66. The van der Waals surface area contributed by atoms with Crippen LogP contribution in [-0.2, 0) is 0 Å². The van der Waals surface area contributed by atoms with Gasteiger partial charge in [0.05, 0.1) is 22.7 Å². The van der Waals surface area contributed by atoms with E-state index in [0.29, 0.717) is 5.69 Å². The van der Waals surface area contributed by atoms with Crippen LogP contribution in [-0.4, -0.2) is 7.05 Å². The molecule has 0 fully saturated rings. The van der Waals surface area contributed by atoms with Crippen molar-refractivity contribution in [3.63, 3.8) is 0 Å². The van der Waals surface area contributed by atoms with E-state index < -0.39 is 0 Å². The number of hydrogen-bond acceptors (Lipinski definition) is 3. The van der Waals surface area contributed by atoms with Gasteiger partial charge in [-0.1, -0.05) is 67.3 Å². The first-order valence-corrected chi connectivity index (χ1v) is 9.66. The van der Waals surface area contributed by atoms with Gasteiger partial charge in [0, 0.05) is 12.7 Å². The first-order valence-electron chi connectivity index (χ1n) is 9.66. The van der Waals surface area contributed by atoms with Gasteiger partial charge in [0.2, 0.25) is 0 Å². The highest BCUT2D eigenvalue weighted by Gasteiger charge is 2.18. The SMILES string of the molecule is C=C1C=CC=CC=C1/C=C(\C=C/C)N(c1ccccc1N)c1ccccc1NC. The molecule has 2 aromatic rings. The molecule has 0 spiro atoms. The molecule has 3 N–H and O–H groups in total. The Morgan fingerprint density at radius 1 is 1.00 bits per heavy atom. The second kappa shape index (κ2) is 9.47. The van der Waals surface area contributed by atoms with Crippen LogP contribution in [0.1, 0.15) is 6.92 Å². The first-order chi connectivity index (χ1) is 14.2. The molecule has 0 heterocycles. The van der Waals surface area contributed by atoms with Crippen LogP contribution in [0.5, 0.6) is 0 Å². The smallest absolute Gasteiger partial charge is 0.0694 e. The van der Waals surface area contributed by atoms with Crippen LogP contribution < -0.4 is 16.0 Å². The Labute approximate surface area is 173 Å². The van der Waals surface area contributed by atoms with Crippen molar-refractivity contribution in [2.75, 3.05) is 23.0 Å². The third kappa shape index (κ3) is 4.58. The van der Waals surface area contributed by atoms with Crippen molar-refractivity contribution in [3.8, 4) is 0 Å². The van der Waals surface area contributed by atoms with E-state index in [4.69, 9.17) is 5.73 Å². The Bertz CT molecular complexity index is 1040. The Morgan fingerprint density at radius 3 is 2.45 bits per heavy atom. The molecule has 0 saturated heterocycles. The lowest BCUT2D eigenvalue weighted by molar-refractivity contribution is 1.20. The molecule has 0 amide bonds. The summed E-state index contributed by atoms with van der Waals surface area (Å²) in [6, 6.07) is 16.1. The second-order valence-corrected chi connectivity index (χ2v) is 6.62. The minimum absolute atomic E-state index is 0.710. The van der Waals surface area contributed by atoms with Gasteiger partial charge < -0.3 is 16.0 Å². The summed E-state index contributed by atoms with van der Waals surface area (Å²) >= 11 is 0. The number of benzene rings is 2. The maximum absolute atomic E-state index is 6.40. The van der Waals surface area contributed by atoms with Crippen molar-refractivity contribution >= 4 is 22.7 Å². The molecule has 3 rings (SSSR count). The number of nitrogens with zero attached hydrogens (tertiary/aromatic N) is 1. The van der Waals surface area contributed by atoms with E-state index in [-0.39, 0.29) is 0 Å². The van der Waals surface area contributed by atoms with Crippen LogP contribution in [0, 0.1) is 0 Å². The fourth-order valence-corrected chi connectivity index (χ4v) is 3.24. The van der Waals surface area contributed by atoms with E-state index in [9.17, 15) is 0 Å². The molecule has 0 aliphatic heterocycles. The third-order valence-electron chi connectivity index (χ3n) is 4.66. The molecular weight excluding hydrogens is 354 g/mol. The van der Waals surface area contributed by atoms with E-state index in [2.05, 4.69) is 47.2 Å². The second-order valence-electron chi connectivity index (χ2n) is 6.62. The van der Waals surface area contributed by atoms with Crippen molar-refractivity contribution in [3.05, 3.63) is 121 Å². The maximum Gasteiger partial charge on any atom is 0.0694 e. The Morgan fingerprint density at radius 2 is 1.72 bits per heavy atom. The Hall–Kier alpha value is -3.72. The average Bonchev–Trinajstić information content (AvgIpc) is 2.94. The van der Waals surface area contributed by atoms with Crippen molar-refractivity contribution < 1.29 is 0 Å². The Kier molecular flexibility index (Phi) is 6.54. The lowest BCUT2D eigenvalue weighted by Crippen LogP contribution is -2.18. The van der Waals surface area contributed by atoms with Gasteiger partial charge in [0.15, 0.2) is 0 Å². The summed E-state index contributed by atoms with van der Waals surface area (Å²) in [6.07, 6.45) is 16.4. The number of rotatable bonds is 6. The van der Waals surface area contributed by atoms with E-state index in [1.807, 2.05) is 80.7 Å². The number of allylic oxidation sites excluding steroid dienone is 10. The lowest BCUT2D eigenvalue weighted by atomic mass is 10.0. The predicted molar refractivity (Wildman–Crippen MR) is 127 cm³/mol. The van der Waals surface area contributed by atoms with Gasteiger partial charge in [-0.25, -0.2) is 0 Å². The maximum atomic E-state index is 6.40. The van der Waals surface area contributed by atoms with Gasteiger partial charge in [0.25, 0.3) is 0 Å². The van der Waals surface area contributed by atoms with E-state index in [0.717, 1.165) is 33.9 Å². The summed E-state index contributed by atoms with van der Waals surface area (Å²) in [5, 5.41) is 3.30. The van der Waals surface area contributed by atoms with Crippen LogP contribution in [0.3, 0.4) is 0 Å². The molecule has 0 radical (unpaired) electrons. The molecular formula is C26H27N3. The normalized spacial score (nSPS) is 14.1. The zero-order valence-corrected chi connectivity index (χ0v) is 17.0. The highest BCUT2D eigenvalue weighted by atomic mass is 15.2. The fraction of sp³-hybridized carbons (Fsp3) is 0.0769. The molecule has 0 bridgehead atoms. The minimum Gasteiger partial charge on any atom is -0.397 e. The van der Waals surface area contributed by atoms with Crippen LogP contribution in [0.25, 0.3) is 0 Å². The van der Waals surface area contributed by atoms with Crippen LogP contribution >= 0.6 is 0 Å². The quantitative estimate of drug-likeness (QED) is 0.442. The summed E-state index contributed by atoms with van der Waals surface area (Å²) in [5.41, 5.74) is 13.1. The highest BCUT2D eigenvalue weighted by Crippen LogP contribution is 2.39. The molecule has 0 atom stereocenters. The summed E-state index contributed by atoms with van der Waals surface area (Å²) in [4.78, 5) is 2.17. The van der Waals surface area contributed by atoms with Crippen molar-refractivity contribution in [2.24, 2.45) is 0 Å². The predicted octanol–water partition coefficient (Wildman–Crippen LogP) is 6.52. The number of nitrogens with two attached hydrogens (primary N) is 1. The molecule has 2 aromatic carbocycles. The van der Waals surface area contributed by atoms with Crippen molar-refractivity contribution in [1.82, 2.24) is 0 Å². The number of para-hydroxylation sites is 4. The Balaban J connectivity index is 2.25. The summed E-state index contributed by atoms with van der Waals surface area (Å²) in [5.74, 6) is 0.